The molecule has 1 saturated heterocycles. The number of hydrogen-bond donors (Lipinski definition) is 2. The third-order valence-corrected chi connectivity index (χ3v) is 2.48. The molecule has 1 heterocycles. The first-order chi connectivity index (χ1) is 7.33. The van der Waals surface area contributed by atoms with Crippen LogP contribution in [0.25, 0.3) is 0 Å². The molecule has 1 fully saturated rings. The molecule has 2 rings (SSSR count). The highest BCUT2D eigenvalue weighted by atomic mass is 16.5. The van der Waals surface area contributed by atoms with E-state index in [0.29, 0.717) is 19.7 Å². The Morgan fingerprint density at radius 3 is 3.00 bits per heavy atom. The van der Waals surface area contributed by atoms with Crippen LogP contribution < -0.4 is 11.1 Å². The molecular weight excluding hydrogens is 192 g/mol. The highest BCUT2D eigenvalue weighted by molar-refractivity contribution is 5.83. The van der Waals surface area contributed by atoms with Gasteiger partial charge in [0.05, 0.1) is 6.61 Å². The summed E-state index contributed by atoms with van der Waals surface area (Å²) in [6.07, 6.45) is -0.501. The molecule has 1 amide bonds. The van der Waals surface area contributed by atoms with Crippen molar-refractivity contribution in [2.24, 2.45) is 5.73 Å². The monoisotopic (exact) mass is 206 g/mol. The summed E-state index contributed by atoms with van der Waals surface area (Å²) in [6, 6.07) is 7.60. The number of carbonyl (C=O) groups is 1. The van der Waals surface area contributed by atoms with Crippen LogP contribution in [0.15, 0.2) is 24.3 Å². The lowest BCUT2D eigenvalue weighted by molar-refractivity contribution is -0.138. The predicted octanol–water partition coefficient (Wildman–Crippen LogP) is 0.333. The van der Waals surface area contributed by atoms with Gasteiger partial charge in [-0.2, -0.15) is 0 Å². The number of benzene rings is 1. The van der Waals surface area contributed by atoms with Crippen molar-refractivity contribution in [3.05, 3.63) is 35.4 Å². The first-order valence-corrected chi connectivity index (χ1v) is 5.00. The van der Waals surface area contributed by atoms with Gasteiger partial charge in [0.2, 0.25) is 0 Å². The van der Waals surface area contributed by atoms with Gasteiger partial charge in [0.1, 0.15) is 0 Å². The van der Waals surface area contributed by atoms with Gasteiger partial charge < -0.3 is 15.8 Å². The number of carbonyl (C=O) groups excluding carboxylic acids is 1. The molecule has 4 heteroatoms. The molecule has 0 spiro atoms. The number of ether oxygens (including phenoxy) is 1. The molecule has 80 valence electrons. The summed E-state index contributed by atoms with van der Waals surface area (Å²) in [5.41, 5.74) is 7.45. The number of morpholine rings is 1. The summed E-state index contributed by atoms with van der Waals surface area (Å²) in [5, 5.41) is 2.78. The summed E-state index contributed by atoms with van der Waals surface area (Å²) in [6.45, 7) is 1.55. The van der Waals surface area contributed by atoms with E-state index in [1.165, 1.54) is 0 Å². The zero-order valence-electron chi connectivity index (χ0n) is 8.40. The second-order valence-corrected chi connectivity index (χ2v) is 3.44. The first kappa shape index (κ1) is 10.1. The SMILES string of the molecule is NCc1ccccc1C1OCCNC1=O. The Hall–Kier alpha value is -1.39. The summed E-state index contributed by atoms with van der Waals surface area (Å²) in [7, 11) is 0. The molecule has 0 radical (unpaired) electrons. The second kappa shape index (κ2) is 4.42. The normalized spacial score (nSPS) is 21.1. The lowest BCUT2D eigenvalue weighted by Crippen LogP contribution is -2.39. The van der Waals surface area contributed by atoms with Crippen LogP contribution in [0.2, 0.25) is 0 Å². The minimum absolute atomic E-state index is 0.0813. The summed E-state index contributed by atoms with van der Waals surface area (Å²) in [4.78, 5) is 11.6. The largest absolute Gasteiger partial charge is 0.362 e. The minimum Gasteiger partial charge on any atom is -0.362 e. The topological polar surface area (TPSA) is 64.3 Å². The van der Waals surface area contributed by atoms with E-state index in [0.717, 1.165) is 11.1 Å². The van der Waals surface area contributed by atoms with Crippen LogP contribution in [-0.4, -0.2) is 19.1 Å². The molecule has 1 aromatic rings. The van der Waals surface area contributed by atoms with Gasteiger partial charge in [-0.25, -0.2) is 0 Å². The van der Waals surface area contributed by atoms with Gasteiger partial charge >= 0.3 is 0 Å². The zero-order chi connectivity index (χ0) is 10.7. The molecule has 1 aromatic carbocycles. The van der Waals surface area contributed by atoms with Crippen molar-refractivity contribution >= 4 is 5.91 Å². The number of nitrogens with one attached hydrogen (secondary N) is 1. The molecule has 1 aliphatic heterocycles. The van der Waals surface area contributed by atoms with Crippen molar-refractivity contribution in [2.45, 2.75) is 12.6 Å². The van der Waals surface area contributed by atoms with Gasteiger partial charge in [-0.1, -0.05) is 24.3 Å². The standard InChI is InChI=1S/C11H14N2O2/c12-7-8-3-1-2-4-9(8)10-11(14)13-5-6-15-10/h1-4,10H,5-7,12H2,(H,13,14). The van der Waals surface area contributed by atoms with E-state index < -0.39 is 6.10 Å². The Balaban J connectivity index is 2.30. The van der Waals surface area contributed by atoms with Crippen molar-refractivity contribution < 1.29 is 9.53 Å². The third kappa shape index (κ3) is 2.00. The average Bonchev–Trinajstić information content (AvgIpc) is 2.30. The van der Waals surface area contributed by atoms with E-state index in [9.17, 15) is 4.79 Å². The molecule has 4 nitrogen and oxygen atoms in total. The number of amides is 1. The molecule has 0 aliphatic carbocycles. The van der Waals surface area contributed by atoms with Crippen molar-refractivity contribution in [1.29, 1.82) is 0 Å². The van der Waals surface area contributed by atoms with Gasteiger partial charge in [-0.3, -0.25) is 4.79 Å². The highest BCUT2D eigenvalue weighted by Gasteiger charge is 2.25. The van der Waals surface area contributed by atoms with Crippen LogP contribution in [0, 0.1) is 0 Å². The van der Waals surface area contributed by atoms with Crippen molar-refractivity contribution in [2.75, 3.05) is 13.2 Å². The smallest absolute Gasteiger partial charge is 0.253 e. The highest BCUT2D eigenvalue weighted by Crippen LogP contribution is 2.23. The maximum absolute atomic E-state index is 11.6. The van der Waals surface area contributed by atoms with Gasteiger partial charge in [-0.05, 0) is 11.1 Å². The Labute approximate surface area is 88.4 Å². The maximum atomic E-state index is 11.6. The van der Waals surface area contributed by atoms with Crippen LogP contribution in [0.5, 0.6) is 0 Å². The Kier molecular flexibility index (Phi) is 2.99. The maximum Gasteiger partial charge on any atom is 0.253 e. The first-order valence-electron chi connectivity index (χ1n) is 5.00. The lowest BCUT2D eigenvalue weighted by atomic mass is 10.0. The molecular formula is C11H14N2O2. The Bertz CT molecular complexity index is 365. The van der Waals surface area contributed by atoms with Crippen LogP contribution in [0.1, 0.15) is 17.2 Å². The molecule has 3 N–H and O–H groups in total. The predicted molar refractivity (Wildman–Crippen MR) is 56.0 cm³/mol. The van der Waals surface area contributed by atoms with E-state index in [-0.39, 0.29) is 5.91 Å². The molecule has 1 atom stereocenters. The molecule has 15 heavy (non-hydrogen) atoms. The quantitative estimate of drug-likeness (QED) is 0.733. The Morgan fingerprint density at radius 1 is 1.47 bits per heavy atom. The summed E-state index contributed by atoms with van der Waals surface area (Å²) < 4.78 is 5.45. The molecule has 0 saturated carbocycles. The molecule has 0 aromatic heterocycles. The number of rotatable bonds is 2. The van der Waals surface area contributed by atoms with Crippen LogP contribution >= 0.6 is 0 Å². The lowest BCUT2D eigenvalue weighted by Gasteiger charge is -2.24. The van der Waals surface area contributed by atoms with Gasteiger partial charge in [-0.15, -0.1) is 0 Å². The minimum atomic E-state index is -0.501. The van der Waals surface area contributed by atoms with Crippen LogP contribution in [0.3, 0.4) is 0 Å². The van der Waals surface area contributed by atoms with Crippen LogP contribution in [0.4, 0.5) is 0 Å². The average molecular weight is 206 g/mol. The Morgan fingerprint density at radius 2 is 2.27 bits per heavy atom. The van der Waals surface area contributed by atoms with Gasteiger partial charge in [0, 0.05) is 13.1 Å². The second-order valence-electron chi connectivity index (χ2n) is 3.44. The molecule has 1 aliphatic rings. The van der Waals surface area contributed by atoms with Gasteiger partial charge in [0.15, 0.2) is 6.10 Å². The van der Waals surface area contributed by atoms with E-state index >= 15 is 0 Å². The zero-order valence-corrected chi connectivity index (χ0v) is 8.40. The van der Waals surface area contributed by atoms with Crippen molar-refractivity contribution in [1.82, 2.24) is 5.32 Å². The third-order valence-electron chi connectivity index (χ3n) is 2.48. The number of nitrogens with two attached hydrogens (primary N) is 1. The summed E-state index contributed by atoms with van der Waals surface area (Å²) >= 11 is 0. The fourth-order valence-corrected chi connectivity index (χ4v) is 1.73. The molecule has 1 unspecified atom stereocenters. The van der Waals surface area contributed by atoms with E-state index in [1.54, 1.807) is 0 Å². The van der Waals surface area contributed by atoms with Crippen molar-refractivity contribution in [3.8, 4) is 0 Å². The van der Waals surface area contributed by atoms with E-state index in [2.05, 4.69) is 5.32 Å². The number of hydrogen-bond acceptors (Lipinski definition) is 3. The van der Waals surface area contributed by atoms with Gasteiger partial charge in [0.25, 0.3) is 5.91 Å². The fourth-order valence-electron chi connectivity index (χ4n) is 1.73. The van der Waals surface area contributed by atoms with Crippen molar-refractivity contribution in [3.63, 3.8) is 0 Å². The molecule has 0 bridgehead atoms. The van der Waals surface area contributed by atoms with E-state index in [4.69, 9.17) is 10.5 Å². The summed E-state index contributed by atoms with van der Waals surface area (Å²) in [5.74, 6) is -0.0813. The van der Waals surface area contributed by atoms with E-state index in [1.807, 2.05) is 24.3 Å². The fraction of sp³-hybridized carbons (Fsp3) is 0.364. The van der Waals surface area contributed by atoms with Crippen LogP contribution in [-0.2, 0) is 16.1 Å².